The minimum Gasteiger partial charge on any atom is -0.450 e. The van der Waals surface area contributed by atoms with E-state index in [2.05, 4.69) is 4.98 Å². The van der Waals surface area contributed by atoms with Crippen LogP contribution in [0.15, 0.2) is 82.3 Å². The first-order chi connectivity index (χ1) is 15.0. The van der Waals surface area contributed by atoms with Crippen LogP contribution in [0.25, 0.3) is 11.0 Å². The number of carbonyl (C=O) groups is 1. The molecule has 0 N–H and O–H groups in total. The maximum absolute atomic E-state index is 13.4. The van der Waals surface area contributed by atoms with Crippen LogP contribution >= 0.6 is 0 Å². The second-order valence-electron chi connectivity index (χ2n) is 7.22. The minimum absolute atomic E-state index is 0.00376. The topological polar surface area (TPSA) is 107 Å². The highest BCUT2D eigenvalue weighted by Crippen LogP contribution is 2.39. The van der Waals surface area contributed by atoms with Crippen molar-refractivity contribution >= 4 is 22.6 Å². The summed E-state index contributed by atoms with van der Waals surface area (Å²) in [5, 5.41) is 11.4. The number of para-hydroxylation sites is 1. The zero-order valence-corrected chi connectivity index (χ0v) is 16.1. The van der Waals surface area contributed by atoms with Crippen LogP contribution in [0.1, 0.15) is 33.3 Å². The molecule has 3 heterocycles. The average molecular weight is 413 g/mol. The van der Waals surface area contributed by atoms with Gasteiger partial charge in [-0.05, 0) is 41.5 Å². The third-order valence-corrected chi connectivity index (χ3v) is 5.37. The summed E-state index contributed by atoms with van der Waals surface area (Å²) in [5.74, 6) is -0.416. The Morgan fingerprint density at radius 3 is 2.52 bits per heavy atom. The number of nitro benzene ring substituents is 1. The van der Waals surface area contributed by atoms with E-state index in [1.807, 2.05) is 6.07 Å². The first-order valence-electron chi connectivity index (χ1n) is 9.54. The monoisotopic (exact) mass is 413 g/mol. The van der Waals surface area contributed by atoms with E-state index in [0.29, 0.717) is 16.5 Å². The Balaban J connectivity index is 1.71. The molecule has 5 rings (SSSR count). The molecule has 1 unspecified atom stereocenters. The minimum atomic E-state index is -0.732. The molecule has 1 atom stereocenters. The van der Waals surface area contributed by atoms with Gasteiger partial charge in [-0.15, -0.1) is 0 Å². The molecule has 1 aliphatic rings. The van der Waals surface area contributed by atoms with Crippen LogP contribution in [0.3, 0.4) is 0 Å². The van der Waals surface area contributed by atoms with E-state index in [4.69, 9.17) is 4.42 Å². The number of carbonyl (C=O) groups excluding carboxylic acids is 1. The summed E-state index contributed by atoms with van der Waals surface area (Å²) in [6.45, 7) is 0.203. The van der Waals surface area contributed by atoms with Gasteiger partial charge in [0.1, 0.15) is 5.58 Å². The number of amides is 1. The quantitative estimate of drug-likeness (QED) is 0.372. The lowest BCUT2D eigenvalue weighted by Gasteiger charge is -2.25. The van der Waals surface area contributed by atoms with Gasteiger partial charge in [0.25, 0.3) is 11.6 Å². The molecule has 0 spiro atoms. The maximum atomic E-state index is 13.4. The van der Waals surface area contributed by atoms with Crippen molar-refractivity contribution in [2.45, 2.75) is 12.6 Å². The lowest BCUT2D eigenvalue weighted by atomic mass is 9.98. The zero-order valence-electron chi connectivity index (χ0n) is 16.1. The van der Waals surface area contributed by atoms with Crippen molar-refractivity contribution in [2.75, 3.05) is 0 Å². The Hall–Kier alpha value is -4.33. The average Bonchev–Trinajstić information content (AvgIpc) is 3.06. The summed E-state index contributed by atoms with van der Waals surface area (Å²) < 4.78 is 5.86. The number of fused-ring (bicyclic) bond motifs is 2. The SMILES string of the molecule is O=C1c2oc3ccccc3c(=O)c2C(c2ccc([N+](=O)[O-])cc2)N1Cc1cccnc1. The van der Waals surface area contributed by atoms with Crippen molar-refractivity contribution in [1.82, 2.24) is 9.88 Å². The van der Waals surface area contributed by atoms with Gasteiger partial charge in [0.2, 0.25) is 5.76 Å². The van der Waals surface area contributed by atoms with Crippen LogP contribution in [0.2, 0.25) is 0 Å². The van der Waals surface area contributed by atoms with E-state index >= 15 is 0 Å². The Morgan fingerprint density at radius 1 is 1.03 bits per heavy atom. The van der Waals surface area contributed by atoms with Crippen LogP contribution < -0.4 is 5.43 Å². The predicted octanol–water partition coefficient (Wildman–Crippen LogP) is 3.84. The molecule has 0 fully saturated rings. The summed E-state index contributed by atoms with van der Waals surface area (Å²) in [4.78, 5) is 42.9. The molecule has 2 aromatic heterocycles. The van der Waals surface area contributed by atoms with E-state index in [1.54, 1.807) is 54.9 Å². The lowest BCUT2D eigenvalue weighted by Crippen LogP contribution is -2.29. The third-order valence-electron chi connectivity index (χ3n) is 5.37. The fourth-order valence-corrected chi connectivity index (χ4v) is 3.94. The van der Waals surface area contributed by atoms with Gasteiger partial charge in [-0.25, -0.2) is 0 Å². The van der Waals surface area contributed by atoms with E-state index in [0.717, 1.165) is 5.56 Å². The number of non-ortho nitro benzene ring substituents is 1. The van der Waals surface area contributed by atoms with Crippen molar-refractivity contribution in [3.8, 4) is 0 Å². The number of nitrogens with zero attached hydrogens (tertiary/aromatic N) is 3. The highest BCUT2D eigenvalue weighted by molar-refractivity contribution is 5.99. The van der Waals surface area contributed by atoms with Crippen LogP contribution in [0.5, 0.6) is 0 Å². The molecular formula is C23H15N3O5. The standard InChI is InChI=1S/C23H15N3O5/c27-21-17-5-1-2-6-18(17)31-22-19(21)20(15-7-9-16(10-8-15)26(29)30)25(23(22)28)13-14-4-3-11-24-12-14/h1-12,20H,13H2. The smallest absolute Gasteiger partial charge is 0.291 e. The molecule has 0 saturated carbocycles. The number of hydrogen-bond donors (Lipinski definition) is 0. The second-order valence-corrected chi connectivity index (χ2v) is 7.22. The van der Waals surface area contributed by atoms with Gasteiger partial charge in [0, 0.05) is 31.1 Å². The number of benzene rings is 2. The Bertz CT molecular complexity index is 1380. The van der Waals surface area contributed by atoms with Crippen LogP contribution in [0, 0.1) is 10.1 Å². The van der Waals surface area contributed by atoms with Gasteiger partial charge in [-0.2, -0.15) is 0 Å². The molecule has 8 heteroatoms. The summed E-state index contributed by atoms with van der Waals surface area (Å²) in [6.07, 6.45) is 3.28. The van der Waals surface area contributed by atoms with Crippen LogP contribution in [-0.2, 0) is 6.54 Å². The van der Waals surface area contributed by atoms with E-state index in [1.165, 1.54) is 17.0 Å². The third kappa shape index (κ3) is 3.05. The molecule has 2 aromatic carbocycles. The second kappa shape index (κ2) is 7.17. The fourth-order valence-electron chi connectivity index (χ4n) is 3.94. The summed E-state index contributed by atoms with van der Waals surface area (Å²) in [7, 11) is 0. The number of nitro groups is 1. The Labute approximate surface area is 175 Å². The zero-order chi connectivity index (χ0) is 21.5. The Kier molecular flexibility index (Phi) is 4.32. The van der Waals surface area contributed by atoms with Crippen molar-refractivity contribution < 1.29 is 14.1 Å². The van der Waals surface area contributed by atoms with Crippen molar-refractivity contribution in [1.29, 1.82) is 0 Å². The summed E-state index contributed by atoms with van der Waals surface area (Å²) in [6, 6.07) is 15.5. The van der Waals surface area contributed by atoms with Gasteiger partial charge >= 0.3 is 0 Å². The van der Waals surface area contributed by atoms with Crippen molar-refractivity contribution in [3.05, 3.63) is 116 Å². The number of hydrogen-bond acceptors (Lipinski definition) is 6. The molecule has 1 aliphatic heterocycles. The van der Waals surface area contributed by atoms with Gasteiger partial charge in [-0.3, -0.25) is 24.7 Å². The highest BCUT2D eigenvalue weighted by Gasteiger charge is 2.42. The molecule has 152 valence electrons. The maximum Gasteiger partial charge on any atom is 0.291 e. The summed E-state index contributed by atoms with van der Waals surface area (Å²) in [5.41, 5.74) is 1.59. The first-order valence-corrected chi connectivity index (χ1v) is 9.54. The van der Waals surface area contributed by atoms with E-state index in [9.17, 15) is 19.7 Å². The first kappa shape index (κ1) is 18.7. The molecule has 8 nitrogen and oxygen atoms in total. The predicted molar refractivity (Wildman–Crippen MR) is 112 cm³/mol. The van der Waals surface area contributed by atoms with Crippen LogP contribution in [-0.4, -0.2) is 20.7 Å². The van der Waals surface area contributed by atoms with Gasteiger partial charge < -0.3 is 9.32 Å². The van der Waals surface area contributed by atoms with E-state index in [-0.39, 0.29) is 29.0 Å². The number of aromatic nitrogens is 1. The normalized spacial score (nSPS) is 15.3. The van der Waals surface area contributed by atoms with Gasteiger partial charge in [-0.1, -0.05) is 18.2 Å². The Morgan fingerprint density at radius 2 is 1.81 bits per heavy atom. The molecular weight excluding hydrogens is 398 g/mol. The number of rotatable bonds is 4. The molecule has 0 saturated heterocycles. The summed E-state index contributed by atoms with van der Waals surface area (Å²) >= 11 is 0. The fraction of sp³-hybridized carbons (Fsp3) is 0.0870. The molecule has 0 bridgehead atoms. The molecule has 4 aromatic rings. The van der Waals surface area contributed by atoms with Gasteiger partial charge in [0.15, 0.2) is 5.43 Å². The van der Waals surface area contributed by atoms with Gasteiger partial charge in [0.05, 0.1) is 21.9 Å². The van der Waals surface area contributed by atoms with Crippen molar-refractivity contribution in [2.24, 2.45) is 0 Å². The molecule has 1 amide bonds. The largest absolute Gasteiger partial charge is 0.450 e. The molecule has 0 aliphatic carbocycles. The van der Waals surface area contributed by atoms with Crippen LogP contribution in [0.4, 0.5) is 5.69 Å². The molecule has 0 radical (unpaired) electrons. The van der Waals surface area contributed by atoms with E-state index < -0.39 is 16.9 Å². The highest BCUT2D eigenvalue weighted by atomic mass is 16.6. The molecule has 31 heavy (non-hydrogen) atoms. The lowest BCUT2D eigenvalue weighted by molar-refractivity contribution is -0.384. The number of pyridine rings is 1. The van der Waals surface area contributed by atoms with Crippen molar-refractivity contribution in [3.63, 3.8) is 0 Å².